The van der Waals surface area contributed by atoms with Crippen LogP contribution < -0.4 is 0 Å². The number of aromatic nitrogens is 3. The van der Waals surface area contributed by atoms with E-state index in [0.29, 0.717) is 13.1 Å². The van der Waals surface area contributed by atoms with Crippen molar-refractivity contribution in [2.45, 2.75) is 12.8 Å². The minimum Gasteiger partial charge on any atom is -0.465 e. The second-order valence-electron chi connectivity index (χ2n) is 5.71. The van der Waals surface area contributed by atoms with Crippen molar-refractivity contribution in [3.8, 4) is 0 Å². The molecule has 1 aliphatic heterocycles. The van der Waals surface area contributed by atoms with Crippen molar-refractivity contribution in [1.82, 2.24) is 19.3 Å². The maximum atomic E-state index is 10.9. The Bertz CT molecular complexity index is 728. The molecule has 2 aliphatic rings. The highest BCUT2D eigenvalue weighted by molar-refractivity contribution is 5.78. The predicted octanol–water partition coefficient (Wildman–Crippen LogP) is 1.89. The Hall–Kier alpha value is -2.37. The molecule has 3 heterocycles. The number of allylic oxidation sites excluding steroid dienone is 2. The summed E-state index contributed by atoms with van der Waals surface area (Å²) in [6.45, 7) is 1.27. The second kappa shape index (κ2) is 3.82. The smallest absolute Gasteiger partial charge is 0.407 e. The van der Waals surface area contributed by atoms with Crippen LogP contribution in [0.2, 0.25) is 0 Å². The molecule has 2 aromatic heterocycles. The van der Waals surface area contributed by atoms with E-state index in [2.05, 4.69) is 16.0 Å². The van der Waals surface area contributed by atoms with Gasteiger partial charge in [-0.1, -0.05) is 6.08 Å². The van der Waals surface area contributed by atoms with Gasteiger partial charge in [-0.3, -0.25) is 4.40 Å². The van der Waals surface area contributed by atoms with E-state index in [0.717, 1.165) is 24.1 Å². The SMILES string of the molecule is O=C(O)N1CC2(CC=C(c3ncn4cnccc34)C2)C1. The molecule has 1 spiro atoms. The number of amides is 1. The first-order chi connectivity index (χ1) is 9.67. The second-order valence-corrected chi connectivity index (χ2v) is 5.71. The molecule has 4 rings (SSSR count). The van der Waals surface area contributed by atoms with Gasteiger partial charge in [0.1, 0.15) is 12.7 Å². The van der Waals surface area contributed by atoms with E-state index in [4.69, 9.17) is 5.11 Å². The number of hydrogen-bond donors (Lipinski definition) is 1. The van der Waals surface area contributed by atoms with Crippen molar-refractivity contribution in [2.75, 3.05) is 13.1 Å². The summed E-state index contributed by atoms with van der Waals surface area (Å²) in [6, 6.07) is 1.96. The molecule has 20 heavy (non-hydrogen) atoms. The van der Waals surface area contributed by atoms with E-state index < -0.39 is 6.09 Å². The van der Waals surface area contributed by atoms with Crippen LogP contribution in [0.15, 0.2) is 31.0 Å². The maximum Gasteiger partial charge on any atom is 0.407 e. The average Bonchev–Trinajstić information content (AvgIpc) is 3.00. The van der Waals surface area contributed by atoms with Gasteiger partial charge in [-0.15, -0.1) is 0 Å². The van der Waals surface area contributed by atoms with Gasteiger partial charge in [0.15, 0.2) is 0 Å². The third-order valence-electron chi connectivity index (χ3n) is 4.32. The van der Waals surface area contributed by atoms with Crippen LogP contribution in [0.1, 0.15) is 18.5 Å². The van der Waals surface area contributed by atoms with Crippen LogP contribution in [-0.4, -0.2) is 43.6 Å². The Labute approximate surface area is 115 Å². The molecule has 1 saturated heterocycles. The molecule has 6 nitrogen and oxygen atoms in total. The molecular weight excluding hydrogens is 256 g/mol. The number of carboxylic acid groups (broad SMARTS) is 1. The number of carbonyl (C=O) groups is 1. The van der Waals surface area contributed by atoms with Crippen LogP contribution in [0.5, 0.6) is 0 Å². The van der Waals surface area contributed by atoms with Crippen molar-refractivity contribution in [3.63, 3.8) is 0 Å². The van der Waals surface area contributed by atoms with Gasteiger partial charge in [0.25, 0.3) is 0 Å². The van der Waals surface area contributed by atoms with Crippen molar-refractivity contribution in [3.05, 3.63) is 36.7 Å². The van der Waals surface area contributed by atoms with Gasteiger partial charge >= 0.3 is 6.09 Å². The monoisotopic (exact) mass is 270 g/mol. The summed E-state index contributed by atoms with van der Waals surface area (Å²) in [5, 5.41) is 8.95. The fraction of sp³-hybridized carbons (Fsp3) is 0.357. The Balaban J connectivity index is 1.59. The highest BCUT2D eigenvalue weighted by Gasteiger charge is 2.47. The zero-order valence-electron chi connectivity index (χ0n) is 10.9. The molecule has 0 saturated carbocycles. The van der Waals surface area contributed by atoms with Crippen LogP contribution in [0, 0.1) is 5.41 Å². The Morgan fingerprint density at radius 3 is 3.00 bits per heavy atom. The third kappa shape index (κ3) is 1.54. The molecule has 0 unspecified atom stereocenters. The van der Waals surface area contributed by atoms with Gasteiger partial charge in [0, 0.05) is 24.7 Å². The zero-order chi connectivity index (χ0) is 13.7. The summed E-state index contributed by atoms with van der Waals surface area (Å²) in [4.78, 5) is 20.9. The first kappa shape index (κ1) is 11.5. The van der Waals surface area contributed by atoms with Gasteiger partial charge in [0.05, 0.1) is 11.2 Å². The number of hydrogen-bond acceptors (Lipinski definition) is 3. The van der Waals surface area contributed by atoms with Gasteiger partial charge in [-0.25, -0.2) is 14.8 Å². The molecule has 0 bridgehead atoms. The van der Waals surface area contributed by atoms with E-state index in [1.165, 1.54) is 10.5 Å². The fourth-order valence-corrected chi connectivity index (χ4v) is 3.31. The quantitative estimate of drug-likeness (QED) is 0.859. The predicted molar refractivity (Wildman–Crippen MR) is 72.2 cm³/mol. The Kier molecular flexibility index (Phi) is 2.19. The number of imidazole rings is 1. The average molecular weight is 270 g/mol. The summed E-state index contributed by atoms with van der Waals surface area (Å²) in [6.07, 6.45) is 8.52. The molecule has 1 amide bonds. The van der Waals surface area contributed by atoms with Gasteiger partial charge in [-0.2, -0.15) is 0 Å². The van der Waals surface area contributed by atoms with Gasteiger partial charge in [-0.05, 0) is 24.5 Å². The summed E-state index contributed by atoms with van der Waals surface area (Å²) in [5.41, 5.74) is 3.39. The summed E-state index contributed by atoms with van der Waals surface area (Å²) < 4.78 is 1.91. The molecule has 2 aromatic rings. The maximum absolute atomic E-state index is 10.9. The fourth-order valence-electron chi connectivity index (χ4n) is 3.31. The minimum atomic E-state index is -0.817. The first-order valence-corrected chi connectivity index (χ1v) is 6.61. The highest BCUT2D eigenvalue weighted by atomic mass is 16.4. The zero-order valence-corrected chi connectivity index (χ0v) is 10.9. The molecule has 1 fully saturated rings. The lowest BCUT2D eigenvalue weighted by Crippen LogP contribution is -2.56. The van der Waals surface area contributed by atoms with Crippen molar-refractivity contribution in [1.29, 1.82) is 0 Å². The van der Waals surface area contributed by atoms with Crippen molar-refractivity contribution >= 4 is 17.2 Å². The molecule has 6 heteroatoms. The highest BCUT2D eigenvalue weighted by Crippen LogP contribution is 2.48. The van der Waals surface area contributed by atoms with E-state index in [9.17, 15) is 4.79 Å². The number of rotatable bonds is 1. The van der Waals surface area contributed by atoms with Crippen molar-refractivity contribution < 1.29 is 9.90 Å². The summed E-state index contributed by atoms with van der Waals surface area (Å²) >= 11 is 0. The van der Waals surface area contributed by atoms with Crippen molar-refractivity contribution in [2.24, 2.45) is 5.41 Å². The minimum absolute atomic E-state index is 0.108. The summed E-state index contributed by atoms with van der Waals surface area (Å²) in [5.74, 6) is 0. The lowest BCUT2D eigenvalue weighted by atomic mass is 9.77. The Morgan fingerprint density at radius 2 is 2.20 bits per heavy atom. The molecule has 102 valence electrons. The van der Waals surface area contributed by atoms with Gasteiger partial charge in [0.2, 0.25) is 0 Å². The molecule has 1 N–H and O–H groups in total. The molecule has 0 atom stereocenters. The number of likely N-dealkylation sites (tertiary alicyclic amines) is 1. The van der Waals surface area contributed by atoms with E-state index in [1.54, 1.807) is 18.9 Å². The van der Waals surface area contributed by atoms with Crippen LogP contribution in [-0.2, 0) is 0 Å². The molecule has 0 radical (unpaired) electrons. The van der Waals surface area contributed by atoms with Crippen LogP contribution >= 0.6 is 0 Å². The van der Waals surface area contributed by atoms with E-state index in [-0.39, 0.29) is 5.41 Å². The first-order valence-electron chi connectivity index (χ1n) is 6.61. The van der Waals surface area contributed by atoms with E-state index in [1.807, 2.05) is 10.5 Å². The standard InChI is InChI=1S/C14H14N4O2/c19-13(20)17-6-14(7-17)3-1-10(5-14)12-11-2-4-15-8-18(11)9-16-12/h1-2,4,8-9H,3,5-7H2,(H,19,20). The Morgan fingerprint density at radius 1 is 1.35 bits per heavy atom. The molecular formula is C14H14N4O2. The topological polar surface area (TPSA) is 70.7 Å². The van der Waals surface area contributed by atoms with Gasteiger partial charge < -0.3 is 10.0 Å². The largest absolute Gasteiger partial charge is 0.465 e. The van der Waals surface area contributed by atoms with E-state index >= 15 is 0 Å². The molecule has 0 aromatic carbocycles. The third-order valence-corrected chi connectivity index (χ3v) is 4.32. The number of fused-ring (bicyclic) bond motifs is 1. The lowest BCUT2D eigenvalue weighted by Gasteiger charge is -2.46. The summed E-state index contributed by atoms with van der Waals surface area (Å²) in [7, 11) is 0. The normalized spacial score (nSPS) is 20.2. The van der Waals surface area contributed by atoms with Crippen LogP contribution in [0.4, 0.5) is 4.79 Å². The lowest BCUT2D eigenvalue weighted by molar-refractivity contribution is 0.0200. The van der Waals surface area contributed by atoms with Crippen LogP contribution in [0.25, 0.3) is 11.1 Å². The number of nitrogens with zero attached hydrogens (tertiary/aromatic N) is 4. The molecule has 1 aliphatic carbocycles. The van der Waals surface area contributed by atoms with Crippen LogP contribution in [0.3, 0.4) is 0 Å².